The SMILES string of the molecule is COc1cc(N2CC3(CCOCC3)C2)c(Cl)cc1Nc1ncc(Cl)c(-c2cnc3c(c2)C(C)(CO)CC3)n1. The van der Waals surface area contributed by atoms with Gasteiger partial charge in [-0.05, 0) is 43.4 Å². The largest absolute Gasteiger partial charge is 0.494 e. The molecule has 1 spiro atoms. The van der Waals surface area contributed by atoms with Crippen LogP contribution in [0.4, 0.5) is 17.3 Å². The van der Waals surface area contributed by atoms with E-state index in [0.717, 1.165) is 74.5 Å². The zero-order valence-electron chi connectivity index (χ0n) is 21.6. The van der Waals surface area contributed by atoms with Crippen LogP contribution in [0.3, 0.4) is 0 Å². The van der Waals surface area contributed by atoms with Gasteiger partial charge < -0.3 is 24.8 Å². The first kappa shape index (κ1) is 25.6. The highest BCUT2D eigenvalue weighted by Gasteiger charge is 2.44. The summed E-state index contributed by atoms with van der Waals surface area (Å²) in [4.78, 5) is 16.0. The van der Waals surface area contributed by atoms with Crippen molar-refractivity contribution < 1.29 is 14.6 Å². The molecule has 2 aliphatic heterocycles. The number of rotatable bonds is 6. The number of methoxy groups -OCH3 is 1. The van der Waals surface area contributed by atoms with Crippen LogP contribution in [0.25, 0.3) is 11.3 Å². The van der Waals surface area contributed by atoms with Crippen LogP contribution in [-0.2, 0) is 16.6 Å². The Morgan fingerprint density at radius 2 is 1.87 bits per heavy atom. The van der Waals surface area contributed by atoms with E-state index >= 15 is 0 Å². The summed E-state index contributed by atoms with van der Waals surface area (Å²) in [6.45, 7) is 5.73. The Bertz CT molecular complexity index is 1370. The number of fused-ring (bicyclic) bond motifs is 1. The van der Waals surface area contributed by atoms with Crippen molar-refractivity contribution >= 4 is 40.5 Å². The lowest BCUT2D eigenvalue weighted by molar-refractivity contribution is -0.000194. The molecule has 2 saturated heterocycles. The zero-order valence-corrected chi connectivity index (χ0v) is 23.1. The van der Waals surface area contributed by atoms with Crippen LogP contribution in [0, 0.1) is 5.41 Å². The molecule has 2 N–H and O–H groups in total. The second-order valence-electron chi connectivity index (χ2n) is 10.9. The Labute approximate surface area is 232 Å². The van der Waals surface area contributed by atoms with Gasteiger partial charge in [0.15, 0.2) is 0 Å². The van der Waals surface area contributed by atoms with Crippen molar-refractivity contribution in [2.75, 3.05) is 50.2 Å². The summed E-state index contributed by atoms with van der Waals surface area (Å²) in [6, 6.07) is 5.86. The molecule has 2 aromatic heterocycles. The van der Waals surface area contributed by atoms with E-state index in [2.05, 4.69) is 27.1 Å². The maximum absolute atomic E-state index is 9.99. The van der Waals surface area contributed by atoms with Crippen LogP contribution in [0.1, 0.15) is 37.4 Å². The Morgan fingerprint density at radius 1 is 1.08 bits per heavy atom. The van der Waals surface area contributed by atoms with Gasteiger partial charge in [-0.25, -0.2) is 9.97 Å². The molecule has 0 amide bonds. The van der Waals surface area contributed by atoms with Gasteiger partial charge in [0.1, 0.15) is 5.75 Å². The Kier molecular flexibility index (Phi) is 6.63. The molecule has 2 fully saturated rings. The van der Waals surface area contributed by atoms with Crippen molar-refractivity contribution in [2.45, 2.75) is 38.0 Å². The highest BCUT2D eigenvalue weighted by Crippen LogP contribution is 2.46. The maximum Gasteiger partial charge on any atom is 0.227 e. The highest BCUT2D eigenvalue weighted by atomic mass is 35.5. The average Bonchev–Trinajstić information content (AvgIpc) is 3.25. The number of hydrogen-bond acceptors (Lipinski definition) is 8. The molecule has 3 aromatic rings. The van der Waals surface area contributed by atoms with E-state index in [0.29, 0.717) is 38.5 Å². The summed E-state index contributed by atoms with van der Waals surface area (Å²) >= 11 is 13.3. The normalized spacial score (nSPS) is 21.8. The van der Waals surface area contributed by atoms with Gasteiger partial charge in [0.25, 0.3) is 0 Å². The number of nitrogens with one attached hydrogen (secondary N) is 1. The number of aryl methyl sites for hydroxylation is 1. The number of halogens is 2. The summed E-state index contributed by atoms with van der Waals surface area (Å²) in [5.41, 5.74) is 5.04. The van der Waals surface area contributed by atoms with Crippen molar-refractivity contribution in [1.29, 1.82) is 0 Å². The highest BCUT2D eigenvalue weighted by molar-refractivity contribution is 6.34. The topological polar surface area (TPSA) is 92.6 Å². The smallest absolute Gasteiger partial charge is 0.227 e. The number of nitrogens with zero attached hydrogens (tertiary/aromatic N) is 4. The summed E-state index contributed by atoms with van der Waals surface area (Å²) in [7, 11) is 1.64. The summed E-state index contributed by atoms with van der Waals surface area (Å²) < 4.78 is 11.3. The minimum Gasteiger partial charge on any atom is -0.494 e. The van der Waals surface area contributed by atoms with Crippen molar-refractivity contribution in [3.8, 4) is 17.0 Å². The third kappa shape index (κ3) is 4.47. The summed E-state index contributed by atoms with van der Waals surface area (Å²) in [5, 5.41) is 14.3. The molecule has 0 bridgehead atoms. The van der Waals surface area contributed by atoms with Crippen LogP contribution in [-0.4, -0.2) is 60.1 Å². The number of benzene rings is 1. The molecular formula is C28H31Cl2N5O3. The number of hydrogen-bond donors (Lipinski definition) is 2. The van der Waals surface area contributed by atoms with E-state index in [1.165, 1.54) is 0 Å². The first-order valence-electron chi connectivity index (χ1n) is 12.9. The van der Waals surface area contributed by atoms with Gasteiger partial charge in [-0.3, -0.25) is 4.98 Å². The fourth-order valence-electron chi connectivity index (χ4n) is 5.89. The number of aliphatic hydroxyl groups is 1. The minimum absolute atomic E-state index is 0.0683. The van der Waals surface area contributed by atoms with Gasteiger partial charge in [-0.1, -0.05) is 30.1 Å². The Hall–Kier alpha value is -2.65. The lowest BCUT2D eigenvalue weighted by atomic mass is 9.73. The van der Waals surface area contributed by atoms with Gasteiger partial charge >= 0.3 is 0 Å². The molecule has 0 radical (unpaired) electrons. The molecule has 0 saturated carbocycles. The third-order valence-electron chi connectivity index (χ3n) is 8.36. The molecular weight excluding hydrogens is 525 g/mol. The van der Waals surface area contributed by atoms with E-state index in [-0.39, 0.29) is 12.0 Å². The van der Waals surface area contributed by atoms with E-state index in [9.17, 15) is 5.11 Å². The summed E-state index contributed by atoms with van der Waals surface area (Å²) in [6.07, 6.45) is 7.24. The van der Waals surface area contributed by atoms with Crippen LogP contribution in [0.15, 0.2) is 30.6 Å². The molecule has 10 heteroatoms. The van der Waals surface area contributed by atoms with Crippen LogP contribution >= 0.6 is 23.2 Å². The first-order chi connectivity index (χ1) is 18.3. The Balaban J connectivity index is 1.26. The molecule has 8 nitrogen and oxygen atoms in total. The number of pyridine rings is 1. The van der Waals surface area contributed by atoms with E-state index in [1.54, 1.807) is 19.5 Å². The van der Waals surface area contributed by atoms with Gasteiger partial charge in [0, 0.05) is 60.7 Å². The molecule has 1 unspecified atom stereocenters. The van der Waals surface area contributed by atoms with Crippen molar-refractivity contribution in [3.63, 3.8) is 0 Å². The van der Waals surface area contributed by atoms with Crippen LogP contribution in [0.5, 0.6) is 5.75 Å². The van der Waals surface area contributed by atoms with Crippen molar-refractivity contribution in [2.24, 2.45) is 5.41 Å². The maximum atomic E-state index is 9.99. The second-order valence-corrected chi connectivity index (χ2v) is 11.7. The first-order valence-corrected chi connectivity index (χ1v) is 13.7. The predicted octanol–water partition coefficient (Wildman–Crippen LogP) is 5.41. The number of anilines is 3. The number of aromatic nitrogens is 3. The van der Waals surface area contributed by atoms with Crippen LogP contribution < -0.4 is 15.0 Å². The standard InChI is InChI=1S/C28H31Cl2N5O3/c1-27(16-36)4-3-21-18(27)9-17(12-31-21)25-20(30)13-32-26(34-25)33-22-10-19(29)23(11-24(22)37-2)35-14-28(15-35)5-7-38-8-6-28/h9-13,36H,3-8,14-16H2,1-2H3,(H,32,33,34). The number of aliphatic hydroxyl groups excluding tert-OH is 1. The monoisotopic (exact) mass is 555 g/mol. The quantitative estimate of drug-likeness (QED) is 0.417. The molecule has 1 aromatic carbocycles. The molecule has 4 heterocycles. The van der Waals surface area contributed by atoms with E-state index in [1.807, 2.05) is 18.2 Å². The molecule has 1 aliphatic carbocycles. The third-order valence-corrected chi connectivity index (χ3v) is 8.94. The predicted molar refractivity (Wildman–Crippen MR) is 149 cm³/mol. The average molecular weight is 556 g/mol. The molecule has 1 atom stereocenters. The van der Waals surface area contributed by atoms with E-state index < -0.39 is 0 Å². The van der Waals surface area contributed by atoms with Gasteiger partial charge in [0.05, 0.1) is 47.0 Å². The molecule has 38 heavy (non-hydrogen) atoms. The zero-order chi connectivity index (χ0) is 26.5. The van der Waals surface area contributed by atoms with Crippen molar-refractivity contribution in [3.05, 3.63) is 51.9 Å². The van der Waals surface area contributed by atoms with E-state index in [4.69, 9.17) is 37.7 Å². The molecule has 6 rings (SSSR count). The van der Waals surface area contributed by atoms with Gasteiger partial charge in [0.2, 0.25) is 5.95 Å². The fourth-order valence-corrected chi connectivity index (χ4v) is 6.38. The van der Waals surface area contributed by atoms with Crippen molar-refractivity contribution in [1.82, 2.24) is 15.0 Å². The second kappa shape index (κ2) is 9.83. The molecule has 200 valence electrons. The minimum atomic E-state index is -0.314. The van der Waals surface area contributed by atoms with Gasteiger partial charge in [-0.2, -0.15) is 0 Å². The lowest BCUT2D eigenvalue weighted by Gasteiger charge is -2.53. The fraction of sp³-hybridized carbons (Fsp3) is 0.464. The van der Waals surface area contributed by atoms with Gasteiger partial charge in [-0.15, -0.1) is 0 Å². The molecule has 3 aliphatic rings. The van der Waals surface area contributed by atoms with Crippen LogP contribution in [0.2, 0.25) is 10.0 Å². The summed E-state index contributed by atoms with van der Waals surface area (Å²) in [5.74, 6) is 1.01. The lowest BCUT2D eigenvalue weighted by Crippen LogP contribution is -2.58. The number of ether oxygens (including phenoxy) is 2. The Morgan fingerprint density at radius 3 is 2.61 bits per heavy atom.